The fourth-order valence-corrected chi connectivity index (χ4v) is 4.13. The van der Waals surface area contributed by atoms with Crippen molar-refractivity contribution in [3.05, 3.63) is 108 Å². The zero-order valence-corrected chi connectivity index (χ0v) is 19.1. The van der Waals surface area contributed by atoms with Crippen LogP contribution < -0.4 is 10.6 Å². The van der Waals surface area contributed by atoms with E-state index in [2.05, 4.69) is 82.4 Å². The van der Waals surface area contributed by atoms with Gasteiger partial charge in [-0.2, -0.15) is 10.2 Å². The zero-order valence-electron chi connectivity index (χ0n) is 18.3. The molecule has 33 heavy (non-hydrogen) atoms. The predicted octanol–water partition coefficient (Wildman–Crippen LogP) is 5.45. The molecule has 0 aliphatic rings. The average Bonchev–Trinajstić information content (AvgIpc) is 3.44. The third-order valence-corrected chi connectivity index (χ3v) is 5.79. The third-order valence-electron chi connectivity index (χ3n) is 5.59. The van der Waals surface area contributed by atoms with E-state index in [4.69, 9.17) is 12.2 Å². The topological polar surface area (TPSA) is 59.7 Å². The molecule has 0 radical (unpaired) electrons. The molecule has 0 fully saturated rings. The lowest BCUT2D eigenvalue weighted by Crippen LogP contribution is -2.18. The summed E-state index contributed by atoms with van der Waals surface area (Å²) < 4.78 is 3.81. The first-order valence-electron chi connectivity index (χ1n) is 10.8. The van der Waals surface area contributed by atoms with Crippen molar-refractivity contribution in [2.24, 2.45) is 0 Å². The van der Waals surface area contributed by atoms with Gasteiger partial charge >= 0.3 is 0 Å². The van der Waals surface area contributed by atoms with Crippen molar-refractivity contribution in [2.45, 2.75) is 20.0 Å². The maximum Gasteiger partial charge on any atom is 0.175 e. The number of benzene rings is 3. The van der Waals surface area contributed by atoms with Gasteiger partial charge in [0.25, 0.3) is 0 Å². The second kappa shape index (κ2) is 9.26. The highest BCUT2D eigenvalue weighted by Gasteiger charge is 2.07. The van der Waals surface area contributed by atoms with Crippen molar-refractivity contribution in [1.82, 2.24) is 19.6 Å². The van der Waals surface area contributed by atoms with E-state index in [0.717, 1.165) is 17.9 Å². The molecule has 0 unspecified atom stereocenters. The van der Waals surface area contributed by atoms with Gasteiger partial charge in [-0.25, -0.2) is 0 Å². The van der Waals surface area contributed by atoms with Crippen LogP contribution in [0.15, 0.2) is 91.5 Å². The summed E-state index contributed by atoms with van der Waals surface area (Å²) in [6.45, 7) is 3.52. The van der Waals surface area contributed by atoms with E-state index in [1.165, 1.54) is 27.5 Å². The van der Waals surface area contributed by atoms with Gasteiger partial charge in [-0.3, -0.25) is 9.36 Å². The fourth-order valence-electron chi connectivity index (χ4n) is 3.89. The summed E-state index contributed by atoms with van der Waals surface area (Å²) in [7, 11) is 0. The van der Waals surface area contributed by atoms with Gasteiger partial charge in [-0.05, 0) is 46.6 Å². The fraction of sp³-hybridized carbons (Fsp3) is 0.115. The van der Waals surface area contributed by atoms with Crippen molar-refractivity contribution >= 4 is 39.5 Å². The van der Waals surface area contributed by atoms with E-state index in [1.807, 2.05) is 33.9 Å². The van der Waals surface area contributed by atoms with E-state index in [-0.39, 0.29) is 0 Å². The number of anilines is 2. The SMILES string of the molecule is Cc1ccccc1Cn1cc(NC(=S)Nc2cnn(Cc3cccc4ccccc34)c2)cn1. The minimum atomic E-state index is 0.496. The minimum absolute atomic E-state index is 0.496. The number of hydrogen-bond donors (Lipinski definition) is 2. The quantitative estimate of drug-likeness (QED) is 0.336. The lowest BCUT2D eigenvalue weighted by Gasteiger charge is -2.08. The van der Waals surface area contributed by atoms with Crippen LogP contribution in [0.2, 0.25) is 0 Å². The first kappa shape index (κ1) is 20.9. The number of nitrogens with zero attached hydrogens (tertiary/aromatic N) is 4. The molecular weight excluding hydrogens is 428 g/mol. The van der Waals surface area contributed by atoms with Crippen molar-refractivity contribution in [3.8, 4) is 0 Å². The molecule has 0 spiro atoms. The Balaban J connectivity index is 1.20. The van der Waals surface area contributed by atoms with Crippen LogP contribution in [0.1, 0.15) is 16.7 Å². The smallest absolute Gasteiger partial charge is 0.175 e. The normalized spacial score (nSPS) is 10.9. The standard InChI is InChI=1S/C26H24N6S/c1-19-7-2-3-9-21(19)15-31-17-23(13-27-31)29-26(33)30-24-14-28-32(18-24)16-22-11-6-10-20-8-4-5-12-25(20)22/h2-14,17-18H,15-16H2,1H3,(H2,29,30,33). The highest BCUT2D eigenvalue weighted by atomic mass is 32.1. The van der Waals surface area contributed by atoms with Gasteiger partial charge in [-0.15, -0.1) is 0 Å². The molecule has 164 valence electrons. The Bertz CT molecular complexity index is 1410. The molecule has 2 heterocycles. The highest BCUT2D eigenvalue weighted by molar-refractivity contribution is 7.80. The summed E-state index contributed by atoms with van der Waals surface area (Å²) >= 11 is 5.48. The average molecular weight is 453 g/mol. The van der Waals surface area contributed by atoms with Crippen LogP contribution in [0.5, 0.6) is 0 Å². The number of rotatable bonds is 6. The molecule has 6 nitrogen and oxygen atoms in total. The molecule has 2 N–H and O–H groups in total. The minimum Gasteiger partial charge on any atom is -0.330 e. The Morgan fingerprint density at radius 1 is 0.758 bits per heavy atom. The van der Waals surface area contributed by atoms with Gasteiger partial charge in [0.05, 0.1) is 36.9 Å². The lowest BCUT2D eigenvalue weighted by atomic mass is 10.0. The molecule has 0 amide bonds. The number of fused-ring (bicyclic) bond motifs is 1. The molecule has 5 aromatic rings. The molecule has 2 aromatic heterocycles. The van der Waals surface area contributed by atoms with Crippen LogP contribution in [-0.2, 0) is 13.1 Å². The Labute approximate surface area is 197 Å². The summed E-state index contributed by atoms with van der Waals surface area (Å²) in [5.41, 5.74) is 5.39. The van der Waals surface area contributed by atoms with E-state index >= 15 is 0 Å². The Morgan fingerprint density at radius 2 is 1.33 bits per heavy atom. The molecular formula is C26H24N6S. The van der Waals surface area contributed by atoms with Crippen molar-refractivity contribution in [1.29, 1.82) is 0 Å². The molecule has 0 bridgehead atoms. The third kappa shape index (κ3) is 4.94. The van der Waals surface area contributed by atoms with Crippen LogP contribution in [0.3, 0.4) is 0 Å². The van der Waals surface area contributed by atoms with Gasteiger partial charge in [0.2, 0.25) is 0 Å². The zero-order chi connectivity index (χ0) is 22.6. The lowest BCUT2D eigenvalue weighted by molar-refractivity contribution is 0.684. The predicted molar refractivity (Wildman–Crippen MR) is 138 cm³/mol. The van der Waals surface area contributed by atoms with Gasteiger partial charge < -0.3 is 10.6 Å². The second-order valence-electron chi connectivity index (χ2n) is 8.00. The Hall–Kier alpha value is -3.97. The number of nitrogens with one attached hydrogen (secondary N) is 2. The molecule has 0 atom stereocenters. The summed E-state index contributed by atoms with van der Waals surface area (Å²) in [5, 5.41) is 18.3. The number of aromatic nitrogens is 4. The van der Waals surface area contributed by atoms with E-state index in [0.29, 0.717) is 11.7 Å². The van der Waals surface area contributed by atoms with Crippen LogP contribution in [0, 0.1) is 6.92 Å². The summed E-state index contributed by atoms with van der Waals surface area (Å²) in [4.78, 5) is 0. The van der Waals surface area contributed by atoms with Crippen LogP contribution in [0.25, 0.3) is 10.8 Å². The Kier molecular flexibility index (Phi) is 5.87. The second-order valence-corrected chi connectivity index (χ2v) is 8.41. The molecule has 7 heteroatoms. The van der Waals surface area contributed by atoms with Gasteiger partial charge in [0.15, 0.2) is 5.11 Å². The van der Waals surface area contributed by atoms with Crippen molar-refractivity contribution < 1.29 is 0 Å². The summed E-state index contributed by atoms with van der Waals surface area (Å²) in [6, 6.07) is 23.1. The summed E-state index contributed by atoms with van der Waals surface area (Å²) in [5.74, 6) is 0. The first-order chi connectivity index (χ1) is 16.1. The number of aryl methyl sites for hydroxylation is 1. The van der Waals surface area contributed by atoms with Crippen molar-refractivity contribution in [2.75, 3.05) is 10.6 Å². The maximum atomic E-state index is 5.48. The van der Waals surface area contributed by atoms with Crippen LogP contribution >= 0.6 is 12.2 Å². The largest absolute Gasteiger partial charge is 0.330 e. The van der Waals surface area contributed by atoms with E-state index < -0.39 is 0 Å². The molecule has 0 saturated heterocycles. The number of hydrogen-bond acceptors (Lipinski definition) is 3. The van der Waals surface area contributed by atoms with Gasteiger partial charge in [0, 0.05) is 12.4 Å². The van der Waals surface area contributed by atoms with Crippen LogP contribution in [-0.4, -0.2) is 24.7 Å². The highest BCUT2D eigenvalue weighted by Crippen LogP contribution is 2.20. The molecule has 3 aromatic carbocycles. The van der Waals surface area contributed by atoms with Gasteiger partial charge in [-0.1, -0.05) is 66.7 Å². The van der Waals surface area contributed by atoms with Crippen molar-refractivity contribution in [3.63, 3.8) is 0 Å². The monoisotopic (exact) mass is 452 g/mol. The number of thiocarbonyl (C=S) groups is 1. The molecule has 5 rings (SSSR count). The molecule has 0 saturated carbocycles. The Morgan fingerprint density at radius 3 is 2.06 bits per heavy atom. The van der Waals surface area contributed by atoms with E-state index in [9.17, 15) is 0 Å². The summed E-state index contributed by atoms with van der Waals surface area (Å²) in [6.07, 6.45) is 7.46. The van der Waals surface area contributed by atoms with Crippen LogP contribution in [0.4, 0.5) is 11.4 Å². The van der Waals surface area contributed by atoms with Gasteiger partial charge in [0.1, 0.15) is 0 Å². The molecule has 0 aliphatic carbocycles. The molecule has 0 aliphatic heterocycles. The maximum absolute atomic E-state index is 5.48. The first-order valence-corrected chi connectivity index (χ1v) is 11.2. The van der Waals surface area contributed by atoms with E-state index in [1.54, 1.807) is 12.4 Å².